The highest BCUT2D eigenvalue weighted by Crippen LogP contribution is 2.28. The number of alkyl carbamates (subject to hydrolysis) is 1. The van der Waals surface area contributed by atoms with Crippen molar-refractivity contribution >= 4 is 29.7 Å². The number of ether oxygens (including phenoxy) is 1. The zero-order valence-electron chi connectivity index (χ0n) is 27.1. The molecule has 0 radical (unpaired) electrons. The molecule has 0 saturated carbocycles. The van der Waals surface area contributed by atoms with E-state index >= 15 is 0 Å². The third kappa shape index (κ3) is 14.0. The molecule has 1 aromatic rings. The molecule has 0 aliphatic heterocycles. The summed E-state index contributed by atoms with van der Waals surface area (Å²) >= 11 is 1.62. The molecule has 0 aliphatic carbocycles. The Hall–Kier alpha value is -2.22. The quantitative estimate of drug-likeness (QED) is 0.163. The molecule has 0 bridgehead atoms. The number of nitrogens with zero attached hydrogens (tertiary/aromatic N) is 1. The Bertz CT molecular complexity index is 932. The molecule has 7 nitrogen and oxygen atoms in total. The second-order valence-corrected chi connectivity index (χ2v) is 13.0. The van der Waals surface area contributed by atoms with Crippen molar-refractivity contribution in [3.05, 3.63) is 34.9 Å². The van der Waals surface area contributed by atoms with Gasteiger partial charge in [0.25, 0.3) is 0 Å². The Balaban J connectivity index is 3.46. The smallest absolute Gasteiger partial charge is 0.408 e. The SMILES string of the molecule is CCCCCCCCN(C(=O)C(CCSC)NC(=O)OC(C)(C)C)C(C(=O)NCCCCC)c1cccc(C)c1C. The Labute approximate surface area is 254 Å². The first-order chi connectivity index (χ1) is 19.5. The second kappa shape index (κ2) is 19.8. The zero-order valence-corrected chi connectivity index (χ0v) is 27.9. The molecule has 3 amide bonds. The van der Waals surface area contributed by atoms with Crippen LogP contribution in [0, 0.1) is 13.8 Å². The van der Waals surface area contributed by atoms with Gasteiger partial charge in [-0.2, -0.15) is 11.8 Å². The lowest BCUT2D eigenvalue weighted by atomic mass is 9.94. The van der Waals surface area contributed by atoms with E-state index in [-0.39, 0.29) is 11.8 Å². The van der Waals surface area contributed by atoms with Gasteiger partial charge in [-0.15, -0.1) is 0 Å². The van der Waals surface area contributed by atoms with E-state index in [4.69, 9.17) is 4.74 Å². The molecule has 2 atom stereocenters. The van der Waals surface area contributed by atoms with Gasteiger partial charge in [0.2, 0.25) is 11.8 Å². The van der Waals surface area contributed by atoms with E-state index in [1.54, 1.807) is 37.4 Å². The van der Waals surface area contributed by atoms with Gasteiger partial charge in [-0.1, -0.05) is 77.0 Å². The molecule has 41 heavy (non-hydrogen) atoms. The van der Waals surface area contributed by atoms with E-state index < -0.39 is 23.8 Å². The van der Waals surface area contributed by atoms with Crippen molar-refractivity contribution in [2.75, 3.05) is 25.1 Å². The summed E-state index contributed by atoms with van der Waals surface area (Å²) < 4.78 is 5.51. The first kappa shape index (κ1) is 36.8. The number of unbranched alkanes of at least 4 members (excludes halogenated alkanes) is 7. The summed E-state index contributed by atoms with van der Waals surface area (Å²) in [5, 5.41) is 5.96. The van der Waals surface area contributed by atoms with Crippen LogP contribution < -0.4 is 10.6 Å². The molecule has 234 valence electrons. The molecular weight excluding hydrogens is 534 g/mol. The molecule has 0 aliphatic rings. The third-order valence-electron chi connectivity index (χ3n) is 7.22. The fraction of sp³-hybridized carbons (Fsp3) is 0.727. The monoisotopic (exact) mass is 591 g/mol. The summed E-state index contributed by atoms with van der Waals surface area (Å²) in [6, 6.07) is 4.36. The zero-order chi connectivity index (χ0) is 30.8. The fourth-order valence-electron chi connectivity index (χ4n) is 4.78. The molecule has 0 spiro atoms. The van der Waals surface area contributed by atoms with E-state index in [1.807, 2.05) is 38.3 Å². The van der Waals surface area contributed by atoms with Crippen molar-refractivity contribution in [3.63, 3.8) is 0 Å². The Morgan fingerprint density at radius 1 is 0.951 bits per heavy atom. The largest absolute Gasteiger partial charge is 0.444 e. The van der Waals surface area contributed by atoms with Gasteiger partial charge < -0.3 is 20.3 Å². The van der Waals surface area contributed by atoms with Crippen LogP contribution in [0.2, 0.25) is 0 Å². The fourth-order valence-corrected chi connectivity index (χ4v) is 5.25. The number of amides is 3. The number of hydrogen-bond donors (Lipinski definition) is 2. The number of aryl methyl sites for hydroxylation is 1. The lowest BCUT2D eigenvalue weighted by Crippen LogP contribution is -2.53. The maximum atomic E-state index is 14.4. The number of carbonyl (C=O) groups excluding carboxylic acids is 3. The van der Waals surface area contributed by atoms with E-state index in [0.717, 1.165) is 55.2 Å². The van der Waals surface area contributed by atoms with Gasteiger partial charge in [0.15, 0.2) is 0 Å². The van der Waals surface area contributed by atoms with Crippen molar-refractivity contribution in [2.24, 2.45) is 0 Å². The predicted octanol–water partition coefficient (Wildman–Crippen LogP) is 7.49. The van der Waals surface area contributed by atoms with E-state index in [9.17, 15) is 14.4 Å². The van der Waals surface area contributed by atoms with Crippen molar-refractivity contribution in [1.29, 1.82) is 0 Å². The summed E-state index contributed by atoms with van der Waals surface area (Å²) in [7, 11) is 0. The standard InChI is InChI=1S/C33H57N3O4S/c1-9-11-13-14-15-17-23-36(31(38)28(21-24-41-8)35-32(39)40-33(5,6)7)29(30(37)34-22-16-12-10-2)27-20-18-19-25(3)26(27)4/h18-20,28-29H,9-17,21-24H2,1-8H3,(H,34,37)(H,35,39). The first-order valence-corrected chi connectivity index (χ1v) is 17.0. The molecule has 0 saturated heterocycles. The maximum absolute atomic E-state index is 14.4. The number of hydrogen-bond acceptors (Lipinski definition) is 5. The Morgan fingerprint density at radius 3 is 2.22 bits per heavy atom. The molecule has 0 heterocycles. The van der Waals surface area contributed by atoms with Crippen LogP contribution in [0.3, 0.4) is 0 Å². The van der Waals surface area contributed by atoms with Gasteiger partial charge in [0.05, 0.1) is 0 Å². The van der Waals surface area contributed by atoms with Crippen LogP contribution in [0.5, 0.6) is 0 Å². The molecule has 1 rings (SSSR count). The average Bonchev–Trinajstić information content (AvgIpc) is 2.91. The van der Waals surface area contributed by atoms with E-state index in [0.29, 0.717) is 25.3 Å². The van der Waals surface area contributed by atoms with Crippen molar-refractivity contribution in [2.45, 2.75) is 130 Å². The highest BCUT2D eigenvalue weighted by atomic mass is 32.2. The Kier molecular flexibility index (Phi) is 17.8. The van der Waals surface area contributed by atoms with Crippen molar-refractivity contribution in [1.82, 2.24) is 15.5 Å². The van der Waals surface area contributed by atoms with Crippen LogP contribution >= 0.6 is 11.8 Å². The number of thioether (sulfide) groups is 1. The minimum absolute atomic E-state index is 0.171. The van der Waals surface area contributed by atoms with Crippen molar-refractivity contribution < 1.29 is 19.1 Å². The lowest BCUT2D eigenvalue weighted by Gasteiger charge is -2.35. The predicted molar refractivity (Wildman–Crippen MR) is 172 cm³/mol. The highest BCUT2D eigenvalue weighted by Gasteiger charge is 2.36. The Morgan fingerprint density at radius 2 is 1.59 bits per heavy atom. The van der Waals surface area contributed by atoms with E-state index in [2.05, 4.69) is 24.5 Å². The topological polar surface area (TPSA) is 87.7 Å². The summed E-state index contributed by atoms with van der Waals surface area (Å²) in [5.74, 6) is 0.275. The van der Waals surface area contributed by atoms with Crippen LogP contribution in [0.4, 0.5) is 4.79 Å². The van der Waals surface area contributed by atoms with Crippen LogP contribution in [0.15, 0.2) is 18.2 Å². The summed E-state index contributed by atoms with van der Waals surface area (Å²) in [6.45, 7) is 14.8. The third-order valence-corrected chi connectivity index (χ3v) is 7.86. The van der Waals surface area contributed by atoms with Gasteiger partial charge >= 0.3 is 6.09 Å². The molecule has 0 aromatic heterocycles. The molecule has 8 heteroatoms. The van der Waals surface area contributed by atoms with Crippen LogP contribution in [-0.2, 0) is 14.3 Å². The van der Waals surface area contributed by atoms with Gasteiger partial charge in [-0.05, 0) is 82.6 Å². The number of carbonyl (C=O) groups is 3. The minimum Gasteiger partial charge on any atom is -0.444 e. The highest BCUT2D eigenvalue weighted by molar-refractivity contribution is 7.98. The number of nitrogens with one attached hydrogen (secondary N) is 2. The number of rotatable bonds is 19. The van der Waals surface area contributed by atoms with E-state index in [1.165, 1.54) is 19.3 Å². The van der Waals surface area contributed by atoms with Gasteiger partial charge in [0, 0.05) is 13.1 Å². The lowest BCUT2D eigenvalue weighted by molar-refractivity contribution is -0.142. The average molecular weight is 592 g/mol. The molecular formula is C33H57N3O4S. The van der Waals surface area contributed by atoms with Crippen LogP contribution in [-0.4, -0.2) is 59.5 Å². The molecule has 0 fully saturated rings. The molecule has 2 N–H and O–H groups in total. The number of benzene rings is 1. The normalized spacial score (nSPS) is 12.9. The summed E-state index contributed by atoms with van der Waals surface area (Å²) in [5.41, 5.74) is 2.22. The molecule has 1 aromatic carbocycles. The summed E-state index contributed by atoms with van der Waals surface area (Å²) in [4.78, 5) is 42.8. The first-order valence-electron chi connectivity index (χ1n) is 15.6. The second-order valence-electron chi connectivity index (χ2n) is 12.0. The van der Waals surface area contributed by atoms with Crippen molar-refractivity contribution in [3.8, 4) is 0 Å². The van der Waals surface area contributed by atoms with Gasteiger partial charge in [-0.25, -0.2) is 4.79 Å². The van der Waals surface area contributed by atoms with Crippen LogP contribution in [0.25, 0.3) is 0 Å². The van der Waals surface area contributed by atoms with Crippen LogP contribution in [0.1, 0.15) is 122 Å². The summed E-state index contributed by atoms with van der Waals surface area (Å²) in [6.07, 6.45) is 11.2. The van der Waals surface area contributed by atoms with Gasteiger partial charge in [0.1, 0.15) is 17.7 Å². The maximum Gasteiger partial charge on any atom is 0.408 e. The minimum atomic E-state index is -0.794. The molecule has 2 unspecified atom stereocenters. The van der Waals surface area contributed by atoms with Gasteiger partial charge in [-0.3, -0.25) is 9.59 Å².